The molecule has 9 heteroatoms. The maximum atomic E-state index is 13.4. The molecule has 0 saturated carbocycles. The monoisotopic (exact) mass is 630 g/mol. The number of benzene rings is 4. The summed E-state index contributed by atoms with van der Waals surface area (Å²) in [4.78, 5) is 39.7. The first-order valence-electron chi connectivity index (χ1n) is 12.5. The number of ketones is 1. The molecule has 0 aliphatic heterocycles. The van der Waals surface area contributed by atoms with Gasteiger partial charge >= 0.3 is 0 Å². The van der Waals surface area contributed by atoms with Crippen molar-refractivity contribution in [3.63, 3.8) is 0 Å². The van der Waals surface area contributed by atoms with Crippen LogP contribution in [0.15, 0.2) is 112 Å². The lowest BCUT2D eigenvalue weighted by Gasteiger charge is -2.13. The summed E-state index contributed by atoms with van der Waals surface area (Å²) in [5.74, 6) is 0.425. The minimum atomic E-state index is -0.523. The summed E-state index contributed by atoms with van der Waals surface area (Å²) < 4.78 is 11.7. The molecular weight excluding hydrogens is 604 g/mol. The molecule has 0 saturated heterocycles. The number of hydrogen-bond donors (Lipinski definition) is 2. The molecule has 0 fully saturated rings. The van der Waals surface area contributed by atoms with Crippen molar-refractivity contribution in [3.05, 3.63) is 124 Å². The van der Waals surface area contributed by atoms with Crippen LogP contribution in [0.25, 0.3) is 6.08 Å². The normalized spacial score (nSPS) is 11.0. The number of hydrogen-bond acceptors (Lipinski definition) is 6. The summed E-state index contributed by atoms with van der Waals surface area (Å²) >= 11 is 4.78. The molecule has 41 heavy (non-hydrogen) atoms. The van der Waals surface area contributed by atoms with E-state index in [1.165, 1.54) is 24.9 Å². The molecule has 0 aliphatic carbocycles. The van der Waals surface area contributed by atoms with Crippen LogP contribution < -0.4 is 20.1 Å². The van der Waals surface area contributed by atoms with Crippen LogP contribution in [0.5, 0.6) is 11.5 Å². The van der Waals surface area contributed by atoms with Gasteiger partial charge in [-0.15, -0.1) is 11.8 Å². The molecule has 4 rings (SSSR count). The zero-order chi connectivity index (χ0) is 29.2. The summed E-state index contributed by atoms with van der Waals surface area (Å²) in [7, 11) is 3.06. The number of thioether (sulfide) groups is 1. The number of amides is 2. The minimum absolute atomic E-state index is 0.0175. The second-order valence-electron chi connectivity index (χ2n) is 8.68. The molecule has 2 amide bonds. The Balaban J connectivity index is 1.50. The Kier molecular flexibility index (Phi) is 10.4. The molecule has 2 N–H and O–H groups in total. The Morgan fingerprint density at radius 3 is 2.20 bits per heavy atom. The Hall–Kier alpha value is -4.34. The van der Waals surface area contributed by atoms with Gasteiger partial charge in [0.15, 0.2) is 5.78 Å². The van der Waals surface area contributed by atoms with Gasteiger partial charge in [-0.25, -0.2) is 0 Å². The maximum absolute atomic E-state index is 13.4. The second-order valence-corrected chi connectivity index (χ2v) is 10.6. The minimum Gasteiger partial charge on any atom is -0.497 e. The van der Waals surface area contributed by atoms with Crippen molar-refractivity contribution in [2.45, 2.75) is 4.90 Å². The quantitative estimate of drug-likeness (QED) is 0.107. The Labute approximate surface area is 251 Å². The molecule has 0 unspecified atom stereocenters. The summed E-state index contributed by atoms with van der Waals surface area (Å²) in [6, 6.07) is 28.2. The number of Topliss-reactive ketones (excluding diaryl/α,β-unsaturated/α-hetero) is 1. The predicted molar refractivity (Wildman–Crippen MR) is 166 cm³/mol. The van der Waals surface area contributed by atoms with Crippen LogP contribution in [-0.4, -0.2) is 37.6 Å². The molecule has 0 heterocycles. The highest BCUT2D eigenvalue weighted by molar-refractivity contribution is 9.10. The van der Waals surface area contributed by atoms with E-state index in [0.29, 0.717) is 33.9 Å². The van der Waals surface area contributed by atoms with Crippen molar-refractivity contribution in [1.29, 1.82) is 0 Å². The highest BCUT2D eigenvalue weighted by atomic mass is 79.9. The summed E-state index contributed by atoms with van der Waals surface area (Å²) in [6.07, 6.45) is 1.54. The van der Waals surface area contributed by atoms with Crippen LogP contribution in [0.1, 0.15) is 26.3 Å². The number of halogens is 1. The smallest absolute Gasteiger partial charge is 0.272 e. The van der Waals surface area contributed by atoms with Crippen LogP contribution >= 0.6 is 27.7 Å². The van der Waals surface area contributed by atoms with Crippen molar-refractivity contribution in [3.8, 4) is 11.5 Å². The number of nitrogens with one attached hydrogen (secondary N) is 2. The molecule has 0 atom stereocenters. The Bertz CT molecular complexity index is 1560. The third-order valence-corrected chi connectivity index (χ3v) is 7.45. The number of carbonyl (C=O) groups excluding carboxylic acids is 3. The first-order chi connectivity index (χ1) is 19.9. The van der Waals surface area contributed by atoms with Gasteiger partial charge in [0.1, 0.15) is 17.2 Å². The van der Waals surface area contributed by atoms with Gasteiger partial charge in [0.05, 0.1) is 20.0 Å². The van der Waals surface area contributed by atoms with Crippen molar-refractivity contribution in [2.24, 2.45) is 0 Å². The average Bonchev–Trinajstić information content (AvgIpc) is 3.00. The second kappa shape index (κ2) is 14.3. The predicted octanol–water partition coefficient (Wildman–Crippen LogP) is 6.85. The van der Waals surface area contributed by atoms with Crippen LogP contribution in [0.2, 0.25) is 0 Å². The van der Waals surface area contributed by atoms with Crippen molar-refractivity contribution < 1.29 is 23.9 Å². The van der Waals surface area contributed by atoms with E-state index in [9.17, 15) is 14.4 Å². The maximum Gasteiger partial charge on any atom is 0.272 e. The fourth-order valence-electron chi connectivity index (χ4n) is 3.75. The van der Waals surface area contributed by atoms with Crippen LogP contribution in [-0.2, 0) is 4.79 Å². The number of carbonyl (C=O) groups is 3. The number of anilines is 1. The molecular formula is C32H27BrN2O5S. The lowest BCUT2D eigenvalue weighted by molar-refractivity contribution is -0.113. The SMILES string of the molecule is COc1ccc(OC)c(/C=C(\NC(=O)c2ccccc2)C(=O)Nc2ccc(SCC(=O)c3ccc(Br)cc3)cc2)c1. The number of rotatable bonds is 11. The highest BCUT2D eigenvalue weighted by Crippen LogP contribution is 2.27. The molecule has 4 aromatic carbocycles. The molecule has 0 spiro atoms. The third kappa shape index (κ3) is 8.33. The summed E-state index contributed by atoms with van der Waals surface area (Å²) in [5, 5.41) is 5.56. The average molecular weight is 632 g/mol. The van der Waals surface area contributed by atoms with Crippen molar-refractivity contribution in [1.82, 2.24) is 5.32 Å². The van der Waals surface area contributed by atoms with Crippen LogP contribution in [0.4, 0.5) is 5.69 Å². The molecule has 0 aliphatic rings. The van der Waals surface area contributed by atoms with Gasteiger partial charge in [0, 0.05) is 31.7 Å². The highest BCUT2D eigenvalue weighted by Gasteiger charge is 2.17. The van der Waals surface area contributed by atoms with Crippen molar-refractivity contribution in [2.75, 3.05) is 25.3 Å². The van der Waals surface area contributed by atoms with Crippen LogP contribution in [0.3, 0.4) is 0 Å². The summed E-state index contributed by atoms with van der Waals surface area (Å²) in [6.45, 7) is 0. The first-order valence-corrected chi connectivity index (χ1v) is 14.3. The van der Waals surface area contributed by atoms with E-state index >= 15 is 0 Å². The van der Waals surface area contributed by atoms with Crippen LogP contribution in [0, 0.1) is 0 Å². The van der Waals surface area contributed by atoms with Gasteiger partial charge in [-0.05, 0) is 72.8 Å². The molecule has 0 radical (unpaired) electrons. The molecule has 0 bridgehead atoms. The Morgan fingerprint density at radius 1 is 0.829 bits per heavy atom. The van der Waals surface area contributed by atoms with E-state index in [4.69, 9.17) is 9.47 Å². The lowest BCUT2D eigenvalue weighted by Crippen LogP contribution is -2.30. The molecule has 4 aromatic rings. The zero-order valence-electron chi connectivity index (χ0n) is 22.3. The third-order valence-electron chi connectivity index (χ3n) is 5.91. The first kappa shape index (κ1) is 29.6. The molecule has 0 aromatic heterocycles. The molecule has 208 valence electrons. The van der Waals surface area contributed by atoms with Gasteiger partial charge in [-0.1, -0.05) is 46.3 Å². The van der Waals surface area contributed by atoms with Crippen molar-refractivity contribution >= 4 is 57.1 Å². The van der Waals surface area contributed by atoms with Gasteiger partial charge in [0.25, 0.3) is 11.8 Å². The van der Waals surface area contributed by atoms with E-state index in [1.54, 1.807) is 79.9 Å². The van der Waals surface area contributed by atoms with E-state index < -0.39 is 11.8 Å². The van der Waals surface area contributed by atoms with Gasteiger partial charge < -0.3 is 20.1 Å². The largest absolute Gasteiger partial charge is 0.497 e. The summed E-state index contributed by atoms with van der Waals surface area (Å²) in [5.41, 5.74) is 2.14. The number of ether oxygens (including phenoxy) is 2. The zero-order valence-corrected chi connectivity index (χ0v) is 24.8. The van der Waals surface area contributed by atoms with E-state index in [1.807, 2.05) is 24.3 Å². The van der Waals surface area contributed by atoms with Gasteiger partial charge in [0.2, 0.25) is 0 Å². The standard InChI is InChI=1S/C32H27BrN2O5S/c1-39-26-14-17-30(40-2)23(18-26)19-28(35-31(37)22-6-4-3-5-7-22)32(38)34-25-12-15-27(16-13-25)41-20-29(36)21-8-10-24(33)11-9-21/h3-19H,20H2,1-2H3,(H,34,38)(H,35,37)/b28-19-. The van der Waals surface area contributed by atoms with Gasteiger partial charge in [-0.2, -0.15) is 0 Å². The van der Waals surface area contributed by atoms with E-state index in [0.717, 1.165) is 9.37 Å². The van der Waals surface area contributed by atoms with Gasteiger partial charge in [-0.3, -0.25) is 14.4 Å². The topological polar surface area (TPSA) is 93.7 Å². The fraction of sp³-hybridized carbons (Fsp3) is 0.0938. The fourth-order valence-corrected chi connectivity index (χ4v) is 4.81. The van der Waals surface area contributed by atoms with E-state index in [-0.39, 0.29) is 17.2 Å². The lowest BCUT2D eigenvalue weighted by atomic mass is 10.1. The molecule has 7 nitrogen and oxygen atoms in total. The van der Waals surface area contributed by atoms with E-state index in [2.05, 4.69) is 26.6 Å². The number of methoxy groups -OCH3 is 2. The Morgan fingerprint density at radius 2 is 1.54 bits per heavy atom.